The van der Waals surface area contributed by atoms with Gasteiger partial charge in [0.2, 0.25) is 0 Å². The van der Waals surface area contributed by atoms with E-state index in [0.29, 0.717) is 12.0 Å². The van der Waals surface area contributed by atoms with Gasteiger partial charge in [-0.15, -0.1) is 0 Å². The predicted molar refractivity (Wildman–Crippen MR) is 85.7 cm³/mol. The van der Waals surface area contributed by atoms with Gasteiger partial charge in [-0.05, 0) is 43.8 Å². The summed E-state index contributed by atoms with van der Waals surface area (Å²) in [4.78, 5) is 0. The Morgan fingerprint density at radius 3 is 2.86 bits per heavy atom. The number of nitrogens with one attached hydrogen (secondary N) is 3. The van der Waals surface area contributed by atoms with Crippen LogP contribution in [0, 0.1) is 0 Å². The van der Waals surface area contributed by atoms with E-state index in [9.17, 15) is 0 Å². The van der Waals surface area contributed by atoms with Crippen LogP contribution in [0.1, 0.15) is 36.8 Å². The first kappa shape index (κ1) is 12.9. The molecule has 4 nitrogen and oxygen atoms in total. The Morgan fingerprint density at radius 1 is 1.19 bits per heavy atom. The Morgan fingerprint density at radius 2 is 2.00 bits per heavy atom. The summed E-state index contributed by atoms with van der Waals surface area (Å²) in [5, 5.41) is 14.9. The first-order valence-corrected chi connectivity index (χ1v) is 7.96. The minimum absolute atomic E-state index is 0.547. The highest BCUT2D eigenvalue weighted by atomic mass is 15.2. The van der Waals surface area contributed by atoms with E-state index < -0.39 is 0 Å². The van der Waals surface area contributed by atoms with Gasteiger partial charge in [0.25, 0.3) is 0 Å². The second kappa shape index (κ2) is 5.19. The van der Waals surface area contributed by atoms with Gasteiger partial charge in [0.1, 0.15) is 0 Å². The van der Waals surface area contributed by atoms with Gasteiger partial charge in [0.05, 0.1) is 5.69 Å². The Hall–Kier alpha value is -1.81. The third kappa shape index (κ3) is 2.23. The molecular formula is C17H22N4. The second-order valence-corrected chi connectivity index (χ2v) is 6.29. The van der Waals surface area contributed by atoms with Gasteiger partial charge in [-0.3, -0.25) is 5.10 Å². The van der Waals surface area contributed by atoms with E-state index in [0.717, 1.165) is 25.3 Å². The molecule has 110 valence electrons. The molecule has 1 atom stereocenters. The molecule has 2 aliphatic rings. The summed E-state index contributed by atoms with van der Waals surface area (Å²) in [6.07, 6.45) is 3.41. The third-order valence-electron chi connectivity index (χ3n) is 4.82. The third-order valence-corrected chi connectivity index (χ3v) is 4.82. The van der Waals surface area contributed by atoms with Crippen LogP contribution in [-0.2, 0) is 6.42 Å². The lowest BCUT2D eigenvalue weighted by molar-refractivity contribution is 0.478. The van der Waals surface area contributed by atoms with Gasteiger partial charge < -0.3 is 10.6 Å². The molecule has 21 heavy (non-hydrogen) atoms. The average Bonchev–Trinajstić information content (AvgIpc) is 2.92. The van der Waals surface area contributed by atoms with Crippen molar-refractivity contribution in [1.29, 1.82) is 0 Å². The number of hydrogen-bond donors (Lipinski definition) is 3. The second-order valence-electron chi connectivity index (χ2n) is 6.29. The van der Waals surface area contributed by atoms with Gasteiger partial charge in [-0.25, -0.2) is 0 Å². The smallest absolute Gasteiger partial charge is 0.151 e. The topological polar surface area (TPSA) is 52.7 Å². The van der Waals surface area contributed by atoms with E-state index in [1.165, 1.54) is 35.2 Å². The normalized spacial score (nSPS) is 21.7. The zero-order valence-electron chi connectivity index (χ0n) is 12.4. The summed E-state index contributed by atoms with van der Waals surface area (Å²) < 4.78 is 0. The lowest BCUT2D eigenvalue weighted by Crippen LogP contribution is -2.35. The van der Waals surface area contributed by atoms with Crippen LogP contribution in [0.15, 0.2) is 24.3 Å². The van der Waals surface area contributed by atoms with Crippen molar-refractivity contribution >= 4 is 5.82 Å². The minimum atomic E-state index is 0.547. The number of benzene rings is 1. The SMILES string of the molecule is CC1Cc2c(NC3CCNCC3)n[nH]c2-c2ccccc21. The fourth-order valence-corrected chi connectivity index (χ4v) is 3.64. The molecular weight excluding hydrogens is 260 g/mol. The van der Waals surface area contributed by atoms with E-state index >= 15 is 0 Å². The first-order valence-electron chi connectivity index (χ1n) is 7.96. The van der Waals surface area contributed by atoms with Crippen molar-refractivity contribution in [1.82, 2.24) is 15.5 Å². The number of rotatable bonds is 2. The molecule has 4 rings (SSSR count). The Balaban J connectivity index is 1.67. The van der Waals surface area contributed by atoms with Crippen molar-refractivity contribution in [2.24, 2.45) is 0 Å². The number of piperidine rings is 1. The van der Waals surface area contributed by atoms with Crippen LogP contribution in [0.2, 0.25) is 0 Å². The quantitative estimate of drug-likeness (QED) is 0.794. The van der Waals surface area contributed by atoms with E-state index in [1.54, 1.807) is 0 Å². The lowest BCUT2D eigenvalue weighted by atomic mass is 9.82. The van der Waals surface area contributed by atoms with E-state index in [1.807, 2.05) is 0 Å². The molecule has 0 spiro atoms. The van der Waals surface area contributed by atoms with Crippen LogP contribution in [0.3, 0.4) is 0 Å². The number of anilines is 1. The lowest BCUT2D eigenvalue weighted by Gasteiger charge is -2.26. The zero-order chi connectivity index (χ0) is 14.2. The summed E-state index contributed by atoms with van der Waals surface area (Å²) >= 11 is 0. The summed E-state index contributed by atoms with van der Waals surface area (Å²) in [6.45, 7) is 4.51. The maximum absolute atomic E-state index is 4.57. The largest absolute Gasteiger partial charge is 0.366 e. The molecule has 0 bridgehead atoms. The fourth-order valence-electron chi connectivity index (χ4n) is 3.64. The molecule has 0 radical (unpaired) electrons. The monoisotopic (exact) mass is 282 g/mol. The molecule has 0 amide bonds. The number of hydrogen-bond acceptors (Lipinski definition) is 3. The van der Waals surface area contributed by atoms with Gasteiger partial charge in [0.15, 0.2) is 5.82 Å². The molecule has 1 unspecified atom stereocenters. The van der Waals surface area contributed by atoms with Crippen LogP contribution in [-0.4, -0.2) is 29.3 Å². The van der Waals surface area contributed by atoms with Gasteiger partial charge >= 0.3 is 0 Å². The van der Waals surface area contributed by atoms with Crippen molar-refractivity contribution in [3.05, 3.63) is 35.4 Å². The molecule has 1 saturated heterocycles. The van der Waals surface area contributed by atoms with E-state index in [-0.39, 0.29) is 0 Å². The molecule has 1 aromatic carbocycles. The number of nitrogens with zero attached hydrogens (tertiary/aromatic N) is 1. The highest BCUT2D eigenvalue weighted by Crippen LogP contribution is 2.41. The summed E-state index contributed by atoms with van der Waals surface area (Å²) in [7, 11) is 0. The molecule has 2 aromatic rings. The number of fused-ring (bicyclic) bond motifs is 3. The Bertz CT molecular complexity index is 640. The molecule has 1 aliphatic carbocycles. The average molecular weight is 282 g/mol. The van der Waals surface area contributed by atoms with Crippen molar-refractivity contribution in [3.8, 4) is 11.3 Å². The molecule has 1 aromatic heterocycles. The van der Waals surface area contributed by atoms with Crippen molar-refractivity contribution in [3.63, 3.8) is 0 Å². The Labute approximate surface area is 125 Å². The number of aromatic amines is 1. The summed E-state index contributed by atoms with van der Waals surface area (Å²) in [5.74, 6) is 1.62. The van der Waals surface area contributed by atoms with Crippen LogP contribution in [0.5, 0.6) is 0 Å². The zero-order valence-corrected chi connectivity index (χ0v) is 12.4. The fraction of sp³-hybridized carbons (Fsp3) is 0.471. The van der Waals surface area contributed by atoms with Crippen molar-refractivity contribution in [2.75, 3.05) is 18.4 Å². The molecule has 4 heteroatoms. The van der Waals surface area contributed by atoms with Crippen molar-refractivity contribution in [2.45, 2.75) is 38.1 Å². The maximum atomic E-state index is 4.57. The summed E-state index contributed by atoms with van der Waals surface area (Å²) in [5.41, 5.74) is 5.32. The molecule has 1 aliphatic heterocycles. The molecule has 1 fully saturated rings. The van der Waals surface area contributed by atoms with E-state index in [4.69, 9.17) is 0 Å². The Kier molecular flexibility index (Phi) is 3.19. The highest BCUT2D eigenvalue weighted by Gasteiger charge is 2.27. The minimum Gasteiger partial charge on any atom is -0.366 e. The van der Waals surface area contributed by atoms with Crippen LogP contribution in [0.25, 0.3) is 11.3 Å². The van der Waals surface area contributed by atoms with Gasteiger partial charge in [0, 0.05) is 17.2 Å². The molecule has 2 heterocycles. The highest BCUT2D eigenvalue weighted by molar-refractivity contribution is 5.75. The van der Waals surface area contributed by atoms with Gasteiger partial charge in [-0.2, -0.15) is 5.10 Å². The standard InChI is InChI=1S/C17H22N4/c1-11-10-15-16(14-5-3-2-4-13(11)14)20-21-17(15)19-12-6-8-18-9-7-12/h2-5,11-12,18H,6-10H2,1H3,(H2,19,20,21). The van der Waals surface area contributed by atoms with Crippen LogP contribution in [0.4, 0.5) is 5.82 Å². The predicted octanol–water partition coefficient (Wildman–Crippen LogP) is 2.90. The molecule has 3 N–H and O–H groups in total. The summed E-state index contributed by atoms with van der Waals surface area (Å²) in [6, 6.07) is 9.23. The van der Waals surface area contributed by atoms with Crippen LogP contribution < -0.4 is 10.6 Å². The number of H-pyrrole nitrogens is 1. The molecule has 0 saturated carbocycles. The van der Waals surface area contributed by atoms with Crippen molar-refractivity contribution < 1.29 is 0 Å². The van der Waals surface area contributed by atoms with Gasteiger partial charge in [-0.1, -0.05) is 31.2 Å². The van der Waals surface area contributed by atoms with Crippen LogP contribution >= 0.6 is 0 Å². The van der Waals surface area contributed by atoms with E-state index in [2.05, 4.69) is 52.0 Å². The first-order chi connectivity index (χ1) is 10.3. The maximum Gasteiger partial charge on any atom is 0.151 e. The number of aromatic nitrogens is 2.